The fraction of sp³-hybridized carbons (Fsp3) is 0.500. The first-order chi connectivity index (χ1) is 9.20. The number of hydrogen-bond acceptors (Lipinski definition) is 4. The van der Waals surface area contributed by atoms with E-state index in [1.807, 2.05) is 29.2 Å². The maximum Gasteiger partial charge on any atom is 0.321 e. The van der Waals surface area contributed by atoms with E-state index < -0.39 is 12.0 Å². The summed E-state index contributed by atoms with van der Waals surface area (Å²) in [6.45, 7) is 2.53. The van der Waals surface area contributed by atoms with Gasteiger partial charge in [-0.1, -0.05) is 12.1 Å². The van der Waals surface area contributed by atoms with Gasteiger partial charge in [-0.25, -0.2) is 0 Å². The first kappa shape index (κ1) is 13.8. The summed E-state index contributed by atoms with van der Waals surface area (Å²) in [4.78, 5) is 13.4. The van der Waals surface area contributed by atoms with Crippen LogP contribution < -0.4 is 4.74 Å². The van der Waals surface area contributed by atoms with Crippen molar-refractivity contribution in [3.8, 4) is 5.75 Å². The predicted octanol–water partition coefficient (Wildman–Crippen LogP) is 1.02. The van der Waals surface area contributed by atoms with Crippen molar-refractivity contribution in [3.63, 3.8) is 0 Å². The highest BCUT2D eigenvalue weighted by Gasteiger charge is 2.27. The van der Waals surface area contributed by atoms with Crippen LogP contribution in [-0.2, 0) is 16.0 Å². The van der Waals surface area contributed by atoms with Gasteiger partial charge in [0.1, 0.15) is 11.8 Å². The molecular weight excluding hydrogens is 246 g/mol. The Morgan fingerprint density at radius 2 is 2.21 bits per heavy atom. The molecule has 0 bridgehead atoms. The van der Waals surface area contributed by atoms with Gasteiger partial charge in [-0.2, -0.15) is 0 Å². The number of carboxylic acid groups (broad SMARTS) is 1. The van der Waals surface area contributed by atoms with E-state index in [1.54, 1.807) is 7.11 Å². The number of carbonyl (C=O) groups is 1. The Hall–Kier alpha value is -1.59. The minimum Gasteiger partial charge on any atom is -0.497 e. The van der Waals surface area contributed by atoms with E-state index in [4.69, 9.17) is 9.47 Å². The zero-order valence-electron chi connectivity index (χ0n) is 11.0. The molecule has 0 aliphatic carbocycles. The van der Waals surface area contributed by atoms with Crippen LogP contribution in [0.25, 0.3) is 0 Å². The summed E-state index contributed by atoms with van der Waals surface area (Å²) in [5.74, 6) is -0.0339. The van der Waals surface area contributed by atoms with E-state index in [0.717, 1.165) is 11.3 Å². The Morgan fingerprint density at radius 3 is 2.84 bits per heavy atom. The van der Waals surface area contributed by atoms with Gasteiger partial charge in [-0.15, -0.1) is 0 Å². The molecule has 0 amide bonds. The molecule has 0 aromatic heterocycles. The molecule has 1 aromatic rings. The quantitative estimate of drug-likeness (QED) is 0.861. The van der Waals surface area contributed by atoms with Crippen LogP contribution in [0.2, 0.25) is 0 Å². The summed E-state index contributed by atoms with van der Waals surface area (Å²) >= 11 is 0. The Morgan fingerprint density at radius 1 is 1.47 bits per heavy atom. The van der Waals surface area contributed by atoms with Gasteiger partial charge in [-0.05, 0) is 24.1 Å². The Labute approximate surface area is 112 Å². The molecule has 1 heterocycles. The van der Waals surface area contributed by atoms with Crippen molar-refractivity contribution in [1.29, 1.82) is 0 Å². The van der Waals surface area contributed by atoms with Gasteiger partial charge in [0.15, 0.2) is 0 Å². The molecule has 1 saturated heterocycles. The third kappa shape index (κ3) is 3.68. The zero-order valence-corrected chi connectivity index (χ0v) is 11.0. The highest BCUT2D eigenvalue weighted by atomic mass is 16.5. The van der Waals surface area contributed by atoms with Crippen molar-refractivity contribution >= 4 is 5.97 Å². The molecule has 1 atom stereocenters. The van der Waals surface area contributed by atoms with Gasteiger partial charge in [0, 0.05) is 13.1 Å². The van der Waals surface area contributed by atoms with Crippen LogP contribution in [0.3, 0.4) is 0 Å². The van der Waals surface area contributed by atoms with Crippen LogP contribution in [0.5, 0.6) is 5.75 Å². The van der Waals surface area contributed by atoms with Crippen molar-refractivity contribution in [2.45, 2.75) is 12.5 Å². The molecule has 2 rings (SSSR count). The summed E-state index contributed by atoms with van der Waals surface area (Å²) in [6, 6.07) is 7.05. The molecule has 0 radical (unpaired) electrons. The number of methoxy groups -OCH3 is 1. The largest absolute Gasteiger partial charge is 0.497 e. The van der Waals surface area contributed by atoms with Crippen LogP contribution in [0.4, 0.5) is 0 Å². The number of rotatable bonds is 5. The van der Waals surface area contributed by atoms with Crippen molar-refractivity contribution in [1.82, 2.24) is 4.90 Å². The first-order valence-electron chi connectivity index (χ1n) is 6.38. The van der Waals surface area contributed by atoms with E-state index in [0.29, 0.717) is 32.7 Å². The molecule has 1 aromatic carbocycles. The highest BCUT2D eigenvalue weighted by Crippen LogP contribution is 2.16. The number of benzene rings is 1. The SMILES string of the molecule is COc1cccc(C[C@H](C(=O)O)N2CCOCC2)c1. The van der Waals surface area contributed by atoms with Crippen LogP contribution in [0, 0.1) is 0 Å². The molecule has 0 unspecified atom stereocenters. The highest BCUT2D eigenvalue weighted by molar-refractivity contribution is 5.74. The van der Waals surface area contributed by atoms with Crippen molar-refractivity contribution in [2.75, 3.05) is 33.4 Å². The monoisotopic (exact) mass is 265 g/mol. The van der Waals surface area contributed by atoms with Gasteiger partial charge in [0.05, 0.1) is 20.3 Å². The number of hydrogen-bond donors (Lipinski definition) is 1. The second-order valence-electron chi connectivity index (χ2n) is 4.56. The lowest BCUT2D eigenvalue weighted by atomic mass is 10.0. The van der Waals surface area contributed by atoms with Crippen LogP contribution in [-0.4, -0.2) is 55.4 Å². The van der Waals surface area contributed by atoms with Gasteiger partial charge < -0.3 is 14.6 Å². The molecule has 0 saturated carbocycles. The number of nitrogens with zero attached hydrogens (tertiary/aromatic N) is 1. The molecule has 1 fully saturated rings. The topological polar surface area (TPSA) is 59.0 Å². The third-order valence-corrected chi connectivity index (χ3v) is 3.33. The maximum atomic E-state index is 11.4. The van der Waals surface area contributed by atoms with Crippen molar-refractivity contribution < 1.29 is 19.4 Å². The summed E-state index contributed by atoms with van der Waals surface area (Å²) in [5.41, 5.74) is 0.971. The fourth-order valence-corrected chi connectivity index (χ4v) is 2.28. The predicted molar refractivity (Wildman–Crippen MR) is 70.5 cm³/mol. The lowest BCUT2D eigenvalue weighted by molar-refractivity contribution is -0.145. The van der Waals surface area contributed by atoms with E-state index in [2.05, 4.69) is 0 Å². The fourth-order valence-electron chi connectivity index (χ4n) is 2.28. The summed E-state index contributed by atoms with van der Waals surface area (Å²) in [7, 11) is 1.61. The number of carboxylic acids is 1. The normalized spacial score (nSPS) is 17.9. The minimum atomic E-state index is -0.787. The molecule has 104 valence electrons. The third-order valence-electron chi connectivity index (χ3n) is 3.33. The van der Waals surface area contributed by atoms with Gasteiger partial charge >= 0.3 is 5.97 Å². The van der Waals surface area contributed by atoms with Gasteiger partial charge in [0.2, 0.25) is 0 Å². The first-order valence-corrected chi connectivity index (χ1v) is 6.38. The van der Waals surface area contributed by atoms with Crippen LogP contribution in [0.1, 0.15) is 5.56 Å². The van der Waals surface area contributed by atoms with Crippen LogP contribution in [0.15, 0.2) is 24.3 Å². The Kier molecular flexibility index (Phi) is 4.76. The maximum absolute atomic E-state index is 11.4. The number of ether oxygens (including phenoxy) is 2. The Bertz CT molecular complexity index is 429. The van der Waals surface area contributed by atoms with E-state index in [1.165, 1.54) is 0 Å². The summed E-state index contributed by atoms with van der Waals surface area (Å²) in [6.07, 6.45) is 0.479. The number of morpholine rings is 1. The average molecular weight is 265 g/mol. The standard InChI is InChI=1S/C14H19NO4/c1-18-12-4-2-3-11(9-12)10-13(14(16)17)15-5-7-19-8-6-15/h2-4,9,13H,5-8,10H2,1H3,(H,16,17)/t13-/m1/s1. The zero-order chi connectivity index (χ0) is 13.7. The molecule has 5 nitrogen and oxygen atoms in total. The van der Waals surface area contributed by atoms with Gasteiger partial charge in [0.25, 0.3) is 0 Å². The summed E-state index contributed by atoms with van der Waals surface area (Å²) in [5, 5.41) is 9.40. The molecule has 0 spiro atoms. The van der Waals surface area contributed by atoms with Crippen LogP contribution >= 0.6 is 0 Å². The number of aliphatic carboxylic acids is 1. The van der Waals surface area contributed by atoms with E-state index >= 15 is 0 Å². The van der Waals surface area contributed by atoms with Crippen molar-refractivity contribution in [3.05, 3.63) is 29.8 Å². The molecule has 1 N–H and O–H groups in total. The lowest BCUT2D eigenvalue weighted by Gasteiger charge is -2.32. The van der Waals surface area contributed by atoms with E-state index in [9.17, 15) is 9.90 Å². The molecule has 1 aliphatic rings. The molecule has 19 heavy (non-hydrogen) atoms. The second kappa shape index (κ2) is 6.54. The van der Waals surface area contributed by atoms with E-state index in [-0.39, 0.29) is 0 Å². The molecule has 1 aliphatic heterocycles. The average Bonchev–Trinajstić information content (AvgIpc) is 2.45. The lowest BCUT2D eigenvalue weighted by Crippen LogP contribution is -2.48. The smallest absolute Gasteiger partial charge is 0.321 e. The second-order valence-corrected chi connectivity index (χ2v) is 4.56. The summed E-state index contributed by atoms with van der Waals surface area (Å²) < 4.78 is 10.4. The Balaban J connectivity index is 2.08. The molecular formula is C14H19NO4. The molecule has 5 heteroatoms. The van der Waals surface area contributed by atoms with Gasteiger partial charge in [-0.3, -0.25) is 9.69 Å². The van der Waals surface area contributed by atoms with Crippen molar-refractivity contribution in [2.24, 2.45) is 0 Å². The minimum absolute atomic E-state index is 0.479.